The summed E-state index contributed by atoms with van der Waals surface area (Å²) in [7, 11) is 1.79. The molecule has 0 fully saturated rings. The molecule has 2 rings (SSSR count). The highest BCUT2D eigenvalue weighted by atomic mass is 16.2. The summed E-state index contributed by atoms with van der Waals surface area (Å²) in [6.45, 7) is 4.04. The van der Waals surface area contributed by atoms with Crippen LogP contribution in [0.2, 0.25) is 0 Å². The fraction of sp³-hybridized carbons (Fsp3) is 0.286. The summed E-state index contributed by atoms with van der Waals surface area (Å²) in [4.78, 5) is 12.0. The first-order valence-corrected chi connectivity index (χ1v) is 6.09. The Bertz CT molecular complexity index is 603. The van der Waals surface area contributed by atoms with Gasteiger partial charge in [-0.15, -0.1) is 0 Å². The van der Waals surface area contributed by atoms with Gasteiger partial charge >= 0.3 is 0 Å². The molecule has 0 aliphatic carbocycles. The predicted octanol–water partition coefficient (Wildman–Crippen LogP) is 1.68. The minimum absolute atomic E-state index is 0.240. The third-order valence-corrected chi connectivity index (χ3v) is 3.14. The van der Waals surface area contributed by atoms with Crippen molar-refractivity contribution in [2.45, 2.75) is 19.9 Å². The highest BCUT2D eigenvalue weighted by Gasteiger charge is 2.17. The number of hydrogen-bond acceptors (Lipinski definition) is 3. The standard InChI is InChI=1S/C14H18N4O/c1-9-4-5-12(6-10(9)2)17-14(19)13(15)11-7-16-18(3)8-11/h4-8,13H,15H2,1-3H3,(H,17,19). The Balaban J connectivity index is 2.10. The summed E-state index contributed by atoms with van der Waals surface area (Å²) in [5, 5.41) is 6.83. The van der Waals surface area contributed by atoms with Gasteiger partial charge in [-0.1, -0.05) is 6.07 Å². The molecule has 1 aromatic carbocycles. The highest BCUT2D eigenvalue weighted by molar-refractivity contribution is 5.95. The number of carbonyl (C=O) groups is 1. The van der Waals surface area contributed by atoms with Crippen LogP contribution in [0.1, 0.15) is 22.7 Å². The van der Waals surface area contributed by atoms with Crippen LogP contribution in [0.3, 0.4) is 0 Å². The van der Waals surface area contributed by atoms with E-state index in [4.69, 9.17) is 5.73 Å². The topological polar surface area (TPSA) is 72.9 Å². The third kappa shape index (κ3) is 3.00. The van der Waals surface area contributed by atoms with Crippen LogP contribution < -0.4 is 11.1 Å². The number of amides is 1. The second-order valence-corrected chi connectivity index (χ2v) is 4.71. The fourth-order valence-corrected chi connectivity index (χ4v) is 1.79. The molecule has 1 unspecified atom stereocenters. The van der Waals surface area contributed by atoms with Crippen LogP contribution >= 0.6 is 0 Å². The average Bonchev–Trinajstić information content (AvgIpc) is 2.79. The smallest absolute Gasteiger partial charge is 0.246 e. The van der Waals surface area contributed by atoms with Crippen LogP contribution in [-0.2, 0) is 11.8 Å². The van der Waals surface area contributed by atoms with Gasteiger partial charge < -0.3 is 11.1 Å². The van der Waals surface area contributed by atoms with E-state index in [1.807, 2.05) is 32.0 Å². The molecule has 5 heteroatoms. The molecule has 0 radical (unpaired) electrons. The number of rotatable bonds is 3. The molecule has 2 aromatic rings. The number of benzene rings is 1. The van der Waals surface area contributed by atoms with Gasteiger partial charge in [0, 0.05) is 24.5 Å². The summed E-state index contributed by atoms with van der Waals surface area (Å²) in [5.41, 5.74) is 9.68. The maximum atomic E-state index is 12.0. The molecule has 1 atom stereocenters. The number of hydrogen-bond donors (Lipinski definition) is 2. The lowest BCUT2D eigenvalue weighted by molar-refractivity contribution is -0.117. The Kier molecular flexibility index (Phi) is 3.66. The number of aryl methyl sites for hydroxylation is 3. The molecule has 0 bridgehead atoms. The Labute approximate surface area is 112 Å². The molecular formula is C14H18N4O. The molecule has 0 saturated carbocycles. The van der Waals surface area contributed by atoms with Gasteiger partial charge in [-0.2, -0.15) is 5.10 Å². The second kappa shape index (κ2) is 5.24. The molecule has 0 aliphatic rings. The molecule has 0 aliphatic heterocycles. The molecule has 5 nitrogen and oxygen atoms in total. The highest BCUT2D eigenvalue weighted by Crippen LogP contribution is 2.16. The molecule has 19 heavy (non-hydrogen) atoms. The first-order chi connectivity index (χ1) is 8.97. The first kappa shape index (κ1) is 13.3. The SMILES string of the molecule is Cc1ccc(NC(=O)C(N)c2cnn(C)c2)cc1C. The lowest BCUT2D eigenvalue weighted by Gasteiger charge is -2.11. The Morgan fingerprint density at radius 1 is 1.37 bits per heavy atom. The molecular weight excluding hydrogens is 240 g/mol. The summed E-state index contributed by atoms with van der Waals surface area (Å²) >= 11 is 0. The largest absolute Gasteiger partial charge is 0.324 e. The Morgan fingerprint density at radius 3 is 2.68 bits per heavy atom. The van der Waals surface area contributed by atoms with Gasteiger partial charge in [0.15, 0.2) is 0 Å². The number of anilines is 1. The van der Waals surface area contributed by atoms with E-state index < -0.39 is 6.04 Å². The molecule has 1 amide bonds. The van der Waals surface area contributed by atoms with E-state index >= 15 is 0 Å². The van der Waals surface area contributed by atoms with Crippen molar-refractivity contribution in [2.75, 3.05) is 5.32 Å². The zero-order chi connectivity index (χ0) is 14.0. The maximum Gasteiger partial charge on any atom is 0.246 e. The van der Waals surface area contributed by atoms with Crippen molar-refractivity contribution >= 4 is 11.6 Å². The van der Waals surface area contributed by atoms with Gasteiger partial charge in [0.1, 0.15) is 6.04 Å². The fourth-order valence-electron chi connectivity index (χ4n) is 1.79. The van der Waals surface area contributed by atoms with E-state index in [9.17, 15) is 4.79 Å². The zero-order valence-corrected chi connectivity index (χ0v) is 11.3. The third-order valence-electron chi connectivity index (χ3n) is 3.14. The number of carbonyl (C=O) groups excluding carboxylic acids is 1. The van der Waals surface area contributed by atoms with Crippen LogP contribution in [-0.4, -0.2) is 15.7 Å². The lowest BCUT2D eigenvalue weighted by Crippen LogP contribution is -2.27. The summed E-state index contributed by atoms with van der Waals surface area (Å²) in [6.07, 6.45) is 3.34. The minimum atomic E-state index is -0.713. The molecule has 100 valence electrons. The lowest BCUT2D eigenvalue weighted by atomic mass is 10.1. The van der Waals surface area contributed by atoms with Crippen LogP contribution in [0.5, 0.6) is 0 Å². The number of nitrogens with one attached hydrogen (secondary N) is 1. The first-order valence-electron chi connectivity index (χ1n) is 6.09. The summed E-state index contributed by atoms with van der Waals surface area (Å²) < 4.78 is 1.62. The van der Waals surface area contributed by atoms with E-state index in [1.165, 1.54) is 5.56 Å². The van der Waals surface area contributed by atoms with Crippen molar-refractivity contribution in [3.05, 3.63) is 47.3 Å². The van der Waals surface area contributed by atoms with Crippen LogP contribution in [0.25, 0.3) is 0 Å². The number of aromatic nitrogens is 2. The predicted molar refractivity (Wildman–Crippen MR) is 74.7 cm³/mol. The maximum absolute atomic E-state index is 12.0. The Morgan fingerprint density at radius 2 is 2.11 bits per heavy atom. The van der Waals surface area contributed by atoms with Crippen molar-refractivity contribution in [3.8, 4) is 0 Å². The average molecular weight is 258 g/mol. The van der Waals surface area contributed by atoms with E-state index in [2.05, 4.69) is 10.4 Å². The minimum Gasteiger partial charge on any atom is -0.324 e. The molecule has 1 heterocycles. The van der Waals surface area contributed by atoms with Gasteiger partial charge in [0.05, 0.1) is 6.20 Å². The normalized spacial score (nSPS) is 12.2. The number of nitrogens with two attached hydrogens (primary N) is 1. The van der Waals surface area contributed by atoms with Gasteiger partial charge in [-0.05, 0) is 37.1 Å². The Hall–Kier alpha value is -2.14. The van der Waals surface area contributed by atoms with E-state index in [0.717, 1.165) is 11.3 Å². The zero-order valence-electron chi connectivity index (χ0n) is 11.3. The monoisotopic (exact) mass is 258 g/mol. The van der Waals surface area contributed by atoms with Crippen molar-refractivity contribution in [3.63, 3.8) is 0 Å². The van der Waals surface area contributed by atoms with E-state index in [-0.39, 0.29) is 5.91 Å². The quantitative estimate of drug-likeness (QED) is 0.879. The van der Waals surface area contributed by atoms with Gasteiger partial charge in [0.2, 0.25) is 5.91 Å². The van der Waals surface area contributed by atoms with Crippen LogP contribution in [0.15, 0.2) is 30.6 Å². The molecule has 1 aromatic heterocycles. The second-order valence-electron chi connectivity index (χ2n) is 4.71. The van der Waals surface area contributed by atoms with Crippen molar-refractivity contribution in [2.24, 2.45) is 12.8 Å². The molecule has 0 saturated heterocycles. The van der Waals surface area contributed by atoms with E-state index in [1.54, 1.807) is 24.1 Å². The van der Waals surface area contributed by atoms with Crippen LogP contribution in [0, 0.1) is 13.8 Å². The van der Waals surface area contributed by atoms with Gasteiger partial charge in [-0.25, -0.2) is 0 Å². The van der Waals surface area contributed by atoms with Crippen molar-refractivity contribution in [1.82, 2.24) is 9.78 Å². The summed E-state index contributed by atoms with van der Waals surface area (Å²) in [5.74, 6) is -0.240. The van der Waals surface area contributed by atoms with Crippen molar-refractivity contribution < 1.29 is 4.79 Å². The van der Waals surface area contributed by atoms with Crippen molar-refractivity contribution in [1.29, 1.82) is 0 Å². The van der Waals surface area contributed by atoms with Gasteiger partial charge in [-0.3, -0.25) is 9.48 Å². The van der Waals surface area contributed by atoms with Crippen LogP contribution in [0.4, 0.5) is 5.69 Å². The molecule has 0 spiro atoms. The van der Waals surface area contributed by atoms with Gasteiger partial charge in [0.25, 0.3) is 0 Å². The molecule has 3 N–H and O–H groups in total. The van der Waals surface area contributed by atoms with E-state index in [0.29, 0.717) is 5.56 Å². The number of nitrogens with zero attached hydrogens (tertiary/aromatic N) is 2. The summed E-state index contributed by atoms with van der Waals surface area (Å²) in [6, 6.07) is 5.07.